The third-order valence-corrected chi connectivity index (χ3v) is 3.85. The van der Waals surface area contributed by atoms with Crippen LogP contribution in [-0.2, 0) is 4.79 Å². The molecule has 0 aromatic heterocycles. The Balaban J connectivity index is 1.65. The Morgan fingerprint density at radius 3 is 2.50 bits per heavy atom. The molecule has 5 nitrogen and oxygen atoms in total. The number of nitrogens with two attached hydrogens (primary N) is 1. The quantitative estimate of drug-likeness (QED) is 0.805. The zero-order valence-electron chi connectivity index (χ0n) is 12.6. The molecule has 0 aliphatic carbocycles. The van der Waals surface area contributed by atoms with Gasteiger partial charge in [-0.15, -0.1) is 0 Å². The van der Waals surface area contributed by atoms with Crippen LogP contribution in [0, 0.1) is 5.82 Å². The number of halogens is 1. The Morgan fingerprint density at radius 2 is 1.86 bits per heavy atom. The van der Waals surface area contributed by atoms with Crippen molar-refractivity contribution in [3.8, 4) is 0 Å². The molecule has 1 heterocycles. The molecule has 1 aromatic carbocycles. The van der Waals surface area contributed by atoms with E-state index in [1.54, 1.807) is 0 Å². The minimum absolute atomic E-state index is 0.114. The highest BCUT2D eigenvalue weighted by Crippen LogP contribution is 2.10. The van der Waals surface area contributed by atoms with E-state index in [0.717, 1.165) is 25.9 Å². The molecule has 2 rings (SSSR count). The molecule has 0 radical (unpaired) electrons. The fourth-order valence-electron chi connectivity index (χ4n) is 2.45. The molecule has 0 unspecified atom stereocenters. The lowest BCUT2D eigenvalue weighted by Crippen LogP contribution is -2.43. The Hall–Kier alpha value is -1.95. The lowest BCUT2D eigenvalue weighted by molar-refractivity contribution is -0.132. The number of rotatable bonds is 5. The third kappa shape index (κ3) is 4.80. The number of nitrogens with one attached hydrogen (secondary N) is 1. The van der Waals surface area contributed by atoms with Gasteiger partial charge in [-0.25, -0.2) is 4.39 Å². The van der Waals surface area contributed by atoms with Gasteiger partial charge in [0.1, 0.15) is 5.82 Å². The number of carbonyl (C=O) groups is 2. The first-order valence-electron chi connectivity index (χ1n) is 7.63. The molecule has 2 amide bonds. The summed E-state index contributed by atoms with van der Waals surface area (Å²) in [5.74, 6) is -0.511. The number of amides is 2. The molecule has 0 spiro atoms. The first kappa shape index (κ1) is 16.4. The summed E-state index contributed by atoms with van der Waals surface area (Å²) in [6.45, 7) is 1.87. The Kier molecular flexibility index (Phi) is 5.89. The Bertz CT molecular complexity index is 511. The predicted octanol–water partition coefficient (Wildman–Crippen LogP) is 1.29. The molecule has 22 heavy (non-hydrogen) atoms. The average Bonchev–Trinajstić information content (AvgIpc) is 2.52. The third-order valence-electron chi connectivity index (χ3n) is 3.85. The first-order chi connectivity index (χ1) is 10.6. The summed E-state index contributed by atoms with van der Waals surface area (Å²) in [5.41, 5.74) is 6.22. The van der Waals surface area contributed by atoms with Gasteiger partial charge in [-0.05, 0) is 43.5 Å². The molecule has 0 bridgehead atoms. The van der Waals surface area contributed by atoms with E-state index in [1.807, 2.05) is 4.90 Å². The van der Waals surface area contributed by atoms with Crippen LogP contribution < -0.4 is 11.1 Å². The van der Waals surface area contributed by atoms with Gasteiger partial charge < -0.3 is 16.0 Å². The number of benzene rings is 1. The molecule has 0 atom stereocenters. The van der Waals surface area contributed by atoms with E-state index >= 15 is 0 Å². The lowest BCUT2D eigenvalue weighted by atomic mass is 10.1. The van der Waals surface area contributed by atoms with Crippen LogP contribution in [0.2, 0.25) is 0 Å². The summed E-state index contributed by atoms with van der Waals surface area (Å²) in [7, 11) is 0. The molecule has 120 valence electrons. The summed E-state index contributed by atoms with van der Waals surface area (Å²) in [6.07, 6.45) is 2.72. The van der Waals surface area contributed by atoms with E-state index in [1.165, 1.54) is 24.3 Å². The standard InChI is InChI=1S/C16H22FN3O2/c17-13-5-3-12(4-6-13)16(22)19-9-1-2-15(21)20-10-7-14(18)8-11-20/h3-6,14H,1-2,7-11,18H2,(H,19,22). The van der Waals surface area contributed by atoms with E-state index < -0.39 is 0 Å². The molecular formula is C16H22FN3O2. The number of likely N-dealkylation sites (tertiary alicyclic amines) is 1. The number of hydrogen-bond donors (Lipinski definition) is 2. The van der Waals surface area contributed by atoms with Gasteiger partial charge in [0.25, 0.3) is 5.91 Å². The normalized spacial score (nSPS) is 15.6. The van der Waals surface area contributed by atoms with Crippen LogP contribution in [0.5, 0.6) is 0 Å². The van der Waals surface area contributed by atoms with Crippen molar-refractivity contribution in [2.45, 2.75) is 31.7 Å². The van der Waals surface area contributed by atoms with E-state index in [-0.39, 0.29) is 23.7 Å². The highest BCUT2D eigenvalue weighted by atomic mass is 19.1. The van der Waals surface area contributed by atoms with Crippen molar-refractivity contribution in [1.82, 2.24) is 10.2 Å². The van der Waals surface area contributed by atoms with Gasteiger partial charge in [0, 0.05) is 37.7 Å². The highest BCUT2D eigenvalue weighted by molar-refractivity contribution is 5.94. The minimum Gasteiger partial charge on any atom is -0.352 e. The molecular weight excluding hydrogens is 285 g/mol. The SMILES string of the molecule is NC1CCN(C(=O)CCCNC(=O)c2ccc(F)cc2)CC1. The predicted molar refractivity (Wildman–Crippen MR) is 81.8 cm³/mol. The molecule has 0 saturated carbocycles. The molecule has 1 aliphatic rings. The molecule has 1 aliphatic heterocycles. The molecule has 6 heteroatoms. The van der Waals surface area contributed by atoms with Gasteiger partial charge >= 0.3 is 0 Å². The van der Waals surface area contributed by atoms with Crippen LogP contribution in [0.4, 0.5) is 4.39 Å². The van der Waals surface area contributed by atoms with Crippen LogP contribution in [0.3, 0.4) is 0 Å². The van der Waals surface area contributed by atoms with Crippen molar-refractivity contribution < 1.29 is 14.0 Å². The molecule has 1 saturated heterocycles. The van der Waals surface area contributed by atoms with Crippen molar-refractivity contribution >= 4 is 11.8 Å². The maximum absolute atomic E-state index is 12.8. The van der Waals surface area contributed by atoms with E-state index in [0.29, 0.717) is 24.9 Å². The van der Waals surface area contributed by atoms with Gasteiger partial charge in [0.05, 0.1) is 0 Å². The maximum Gasteiger partial charge on any atom is 0.251 e. The number of nitrogens with zero attached hydrogens (tertiary/aromatic N) is 1. The van der Waals surface area contributed by atoms with Crippen molar-refractivity contribution in [1.29, 1.82) is 0 Å². The lowest BCUT2D eigenvalue weighted by Gasteiger charge is -2.30. The highest BCUT2D eigenvalue weighted by Gasteiger charge is 2.19. The monoisotopic (exact) mass is 307 g/mol. The Labute approximate surface area is 129 Å². The largest absolute Gasteiger partial charge is 0.352 e. The van der Waals surface area contributed by atoms with Crippen molar-refractivity contribution in [3.05, 3.63) is 35.6 Å². The first-order valence-corrected chi connectivity index (χ1v) is 7.63. The maximum atomic E-state index is 12.8. The van der Waals surface area contributed by atoms with E-state index in [2.05, 4.69) is 5.32 Å². The summed E-state index contributed by atoms with van der Waals surface area (Å²) in [6, 6.07) is 5.58. The van der Waals surface area contributed by atoms with Crippen LogP contribution in [-0.4, -0.2) is 42.4 Å². The molecule has 1 aromatic rings. The summed E-state index contributed by atoms with van der Waals surface area (Å²) >= 11 is 0. The van der Waals surface area contributed by atoms with E-state index in [9.17, 15) is 14.0 Å². The second-order valence-corrected chi connectivity index (χ2v) is 5.58. The zero-order valence-corrected chi connectivity index (χ0v) is 12.6. The molecule has 3 N–H and O–H groups in total. The fraction of sp³-hybridized carbons (Fsp3) is 0.500. The number of piperidine rings is 1. The van der Waals surface area contributed by atoms with Gasteiger partial charge in [0.15, 0.2) is 0 Å². The van der Waals surface area contributed by atoms with Crippen molar-refractivity contribution in [2.24, 2.45) is 5.73 Å². The second-order valence-electron chi connectivity index (χ2n) is 5.58. The Morgan fingerprint density at radius 1 is 1.23 bits per heavy atom. The minimum atomic E-state index is -0.372. The summed E-state index contributed by atoms with van der Waals surface area (Å²) in [5, 5.41) is 2.73. The number of hydrogen-bond acceptors (Lipinski definition) is 3. The van der Waals surface area contributed by atoms with E-state index in [4.69, 9.17) is 5.73 Å². The summed E-state index contributed by atoms with van der Waals surface area (Å²) < 4.78 is 12.8. The second kappa shape index (κ2) is 7.89. The van der Waals surface area contributed by atoms with Crippen LogP contribution in [0.15, 0.2) is 24.3 Å². The smallest absolute Gasteiger partial charge is 0.251 e. The topological polar surface area (TPSA) is 75.4 Å². The van der Waals surface area contributed by atoms with Gasteiger partial charge in [-0.1, -0.05) is 0 Å². The van der Waals surface area contributed by atoms with Crippen molar-refractivity contribution in [2.75, 3.05) is 19.6 Å². The molecule has 1 fully saturated rings. The zero-order chi connectivity index (χ0) is 15.9. The van der Waals surface area contributed by atoms with Crippen LogP contribution in [0.1, 0.15) is 36.0 Å². The average molecular weight is 307 g/mol. The van der Waals surface area contributed by atoms with Crippen LogP contribution in [0.25, 0.3) is 0 Å². The van der Waals surface area contributed by atoms with Gasteiger partial charge in [-0.3, -0.25) is 9.59 Å². The van der Waals surface area contributed by atoms with Gasteiger partial charge in [-0.2, -0.15) is 0 Å². The van der Waals surface area contributed by atoms with Crippen LogP contribution >= 0.6 is 0 Å². The fourth-order valence-corrected chi connectivity index (χ4v) is 2.45. The number of carbonyl (C=O) groups excluding carboxylic acids is 2. The summed E-state index contributed by atoms with van der Waals surface area (Å²) in [4.78, 5) is 25.6. The van der Waals surface area contributed by atoms with Crippen molar-refractivity contribution in [3.63, 3.8) is 0 Å². The van der Waals surface area contributed by atoms with Gasteiger partial charge in [0.2, 0.25) is 5.91 Å².